The number of allylic oxidation sites excluding steroid dienone is 1. The molecule has 29 heteroatoms. The molecule has 9 heterocycles. The number of ether oxygens (including phenoxy) is 5. The molecule has 0 unspecified atom stereocenters. The van der Waals surface area contributed by atoms with Gasteiger partial charge in [0.25, 0.3) is 0 Å². The van der Waals surface area contributed by atoms with Crippen LogP contribution >= 0.6 is 27.5 Å². The molecular formula is C90H92BBrClN15O11. The lowest BCUT2D eigenvalue weighted by atomic mass is 9.80. The predicted octanol–water partition coefficient (Wildman–Crippen LogP) is 16.2. The molecule has 119 heavy (non-hydrogen) atoms. The first kappa shape index (κ1) is 85.4. The van der Waals surface area contributed by atoms with Crippen molar-refractivity contribution in [3.63, 3.8) is 0 Å². The van der Waals surface area contributed by atoms with E-state index >= 15 is 0 Å². The van der Waals surface area contributed by atoms with Crippen LogP contribution in [-0.2, 0) is 27.5 Å². The monoisotopic (exact) mass is 1680 g/mol. The van der Waals surface area contributed by atoms with Crippen LogP contribution in [0.15, 0.2) is 279 Å². The molecule has 0 spiro atoms. The molecule has 3 aliphatic rings. The number of nitrogen functional groups attached to an aromatic ring is 3. The molecule has 610 valence electrons. The molecule has 0 radical (unpaired) electrons. The summed E-state index contributed by atoms with van der Waals surface area (Å²) in [7, 11) is -1.44. The minimum absolute atomic E-state index is 0.0340. The van der Waals surface area contributed by atoms with Gasteiger partial charge in [-0.1, -0.05) is 134 Å². The number of halogens is 2. The van der Waals surface area contributed by atoms with Crippen LogP contribution < -0.4 is 42.2 Å². The first-order valence-corrected chi connectivity index (χ1v) is 40.1. The molecule has 3 fully saturated rings. The SMILES string of the molecule is C=CC(=O)Cl.CCO.Nc1nccn2c([C@@H]3CCCN(C(=O)OCc4ccccc4)C3)nc(-c3ccc(Oc4ccccc4)cc3)c12.Nc1nccn2c([C@@H]3CCCN(C(=O)OCc4ccccc4)C3)nc(Br)c12.Nc1nccn2c([C@@H]3CCCNC3)nc(-c3ccc(Oc4ccccc4)cc3)c12.OB(O)c1ccc(Oc2ccccc2)cc1. The number of likely N-dealkylation sites (tertiary alicyclic amines) is 2. The summed E-state index contributed by atoms with van der Waals surface area (Å²) in [5, 5.41) is 28.4. The third-order valence-electron chi connectivity index (χ3n) is 19.5. The van der Waals surface area contributed by atoms with Crippen LogP contribution in [0, 0.1) is 0 Å². The maximum absolute atomic E-state index is 12.9. The molecule has 0 saturated carbocycles. The Hall–Kier alpha value is -13.0. The number of piperidine rings is 3. The minimum atomic E-state index is -1.44. The van der Waals surface area contributed by atoms with E-state index in [1.54, 1.807) is 59.6 Å². The number of rotatable bonds is 17. The van der Waals surface area contributed by atoms with Gasteiger partial charge in [-0.3, -0.25) is 18.0 Å². The standard InChI is InChI=1S/C31H29N5O3.C23H23N5O.C19H20BrN5O2.C12H11BO3.C3H3ClO.C2H6O/c32-29-28-27(23-13-15-26(16-14-23)39-25-11-5-2-6-12-25)34-30(36(28)19-17-33-29)24-10-7-18-35(20-24)31(37)38-21-22-8-3-1-4-9-22;24-22-21-20(16-8-10-19(11-9-16)29-18-6-2-1-3-7-18)27-23(28(21)14-13-26-22)17-5-4-12-25-15-17;20-16-15-17(21)22-8-10-25(15)18(23-16)14-7-4-9-24(11-14)19(26)27-12-13-5-2-1-3-6-13;14-13(15)10-6-8-12(9-7-10)16-11-4-2-1-3-5-11;1-2-3(4)5;1-2-3/h1-6,8-9,11-17,19,24H,7,10,18,20-21H2,(H2,32,33);1-3,6-11,13-14,17,25H,4-5,12,15H2,(H2,24,26);1-3,5-6,8,10,14H,4,7,9,11-12H2,(H2,21,22);1-9,14-15H;2H,1H2;3H,2H2,1H3/t24-;17-;14-;;;/m111.../s1. The van der Waals surface area contributed by atoms with Crippen LogP contribution in [0.2, 0.25) is 0 Å². The first-order valence-electron chi connectivity index (χ1n) is 39.0. The number of aromatic nitrogens is 9. The Morgan fingerprint density at radius 3 is 1.21 bits per heavy atom. The fraction of sp³-hybridized carbons (Fsp3) is 0.211. The van der Waals surface area contributed by atoms with Crippen LogP contribution in [-0.4, -0.2) is 138 Å². The summed E-state index contributed by atoms with van der Waals surface area (Å²) in [5.74, 6) is 9.15. The molecular weight excluding hydrogens is 1590 g/mol. The summed E-state index contributed by atoms with van der Waals surface area (Å²) in [5.41, 5.74) is 26.9. The number of fused-ring (bicyclic) bond motifs is 3. The Balaban J connectivity index is 0.000000146. The summed E-state index contributed by atoms with van der Waals surface area (Å²) in [6, 6.07) is 70.6. The van der Waals surface area contributed by atoms with Crippen molar-refractivity contribution in [1.82, 2.24) is 58.2 Å². The van der Waals surface area contributed by atoms with Gasteiger partial charge in [0, 0.05) is 105 Å². The van der Waals surface area contributed by atoms with Crippen molar-refractivity contribution >= 4 is 91.5 Å². The van der Waals surface area contributed by atoms with Crippen molar-refractivity contribution in [2.75, 3.05) is 63.1 Å². The molecule has 3 atom stereocenters. The van der Waals surface area contributed by atoms with Crippen molar-refractivity contribution in [2.24, 2.45) is 0 Å². The van der Waals surface area contributed by atoms with E-state index < -0.39 is 12.4 Å². The lowest BCUT2D eigenvalue weighted by Gasteiger charge is -2.31. The maximum Gasteiger partial charge on any atom is 0.488 e. The number of hydrogen-bond acceptors (Lipinski definition) is 21. The number of anilines is 3. The van der Waals surface area contributed by atoms with E-state index in [-0.39, 0.29) is 43.8 Å². The fourth-order valence-electron chi connectivity index (χ4n) is 13.8. The zero-order valence-corrected chi connectivity index (χ0v) is 67.9. The Labute approximate surface area is 702 Å². The number of amides is 2. The summed E-state index contributed by atoms with van der Waals surface area (Å²) < 4.78 is 35.2. The number of nitrogens with zero attached hydrogens (tertiary/aromatic N) is 11. The smallest absolute Gasteiger partial charge is 0.457 e. The average molecular weight is 1690 g/mol. The van der Waals surface area contributed by atoms with Crippen molar-refractivity contribution in [3.8, 4) is 57.0 Å². The van der Waals surface area contributed by atoms with Crippen LogP contribution in [0.25, 0.3) is 39.1 Å². The molecule has 8 aromatic carbocycles. The van der Waals surface area contributed by atoms with Crippen LogP contribution in [0.4, 0.5) is 27.0 Å². The molecule has 26 nitrogen and oxygen atoms in total. The molecule has 6 aromatic heterocycles. The van der Waals surface area contributed by atoms with Gasteiger partial charge in [-0.05, 0) is 199 Å². The Kier molecular flexibility index (Phi) is 30.7. The molecule has 14 aromatic rings. The highest BCUT2D eigenvalue weighted by atomic mass is 79.9. The van der Waals surface area contributed by atoms with Gasteiger partial charge in [-0.15, -0.1) is 0 Å². The van der Waals surface area contributed by atoms with E-state index in [1.165, 1.54) is 0 Å². The fourth-order valence-corrected chi connectivity index (χ4v) is 14.4. The topological polar surface area (TPSA) is 345 Å². The predicted molar refractivity (Wildman–Crippen MR) is 466 cm³/mol. The Bertz CT molecular complexity index is 5590. The minimum Gasteiger partial charge on any atom is -0.457 e. The van der Waals surface area contributed by atoms with E-state index in [4.69, 9.17) is 77.6 Å². The lowest BCUT2D eigenvalue weighted by Crippen LogP contribution is -2.39. The van der Waals surface area contributed by atoms with E-state index in [9.17, 15) is 14.4 Å². The first-order chi connectivity index (χ1) is 58.0. The number of hydrogen-bond donors (Lipinski definition) is 7. The summed E-state index contributed by atoms with van der Waals surface area (Å²) in [6.45, 7) is 9.99. The highest BCUT2D eigenvalue weighted by Gasteiger charge is 2.33. The van der Waals surface area contributed by atoms with Crippen molar-refractivity contribution in [1.29, 1.82) is 0 Å². The Morgan fingerprint density at radius 2 is 0.840 bits per heavy atom. The normalized spacial score (nSPS) is 14.8. The zero-order valence-electron chi connectivity index (χ0n) is 65.5. The molecule has 0 bridgehead atoms. The number of aliphatic hydroxyl groups excluding tert-OH is 1. The van der Waals surface area contributed by atoms with Gasteiger partial charge in [-0.2, -0.15) is 0 Å². The molecule has 3 aliphatic heterocycles. The molecule has 10 N–H and O–H groups in total. The van der Waals surface area contributed by atoms with Crippen LogP contribution in [0.3, 0.4) is 0 Å². The number of carbonyl (C=O) groups excluding carboxylic acids is 3. The number of nitrogens with two attached hydrogens (primary N) is 3. The number of para-hydroxylation sites is 3. The number of imidazole rings is 3. The van der Waals surface area contributed by atoms with Crippen molar-refractivity contribution in [3.05, 3.63) is 307 Å². The van der Waals surface area contributed by atoms with Crippen LogP contribution in [0.1, 0.15) is 91.8 Å². The third-order valence-corrected chi connectivity index (χ3v) is 20.2. The van der Waals surface area contributed by atoms with E-state index in [2.05, 4.69) is 52.2 Å². The Morgan fingerprint density at radius 1 is 0.504 bits per heavy atom. The average Bonchev–Trinajstić information content (AvgIpc) is 1.62. The molecule has 17 rings (SSSR count). The zero-order chi connectivity index (χ0) is 83.4. The molecule has 0 aliphatic carbocycles. The molecule has 2 amide bonds. The largest absolute Gasteiger partial charge is 0.488 e. The summed E-state index contributed by atoms with van der Waals surface area (Å²) in [6.07, 6.45) is 17.1. The van der Waals surface area contributed by atoms with Gasteiger partial charge >= 0.3 is 19.3 Å². The van der Waals surface area contributed by atoms with Crippen molar-refractivity contribution < 1.29 is 53.2 Å². The van der Waals surface area contributed by atoms with Gasteiger partial charge in [-0.25, -0.2) is 39.5 Å². The van der Waals surface area contributed by atoms with Gasteiger partial charge in [0.05, 0.1) is 0 Å². The molecule has 3 saturated heterocycles. The highest BCUT2D eigenvalue weighted by molar-refractivity contribution is 9.10. The number of benzene rings is 8. The van der Waals surface area contributed by atoms with Gasteiger partial charge in [0.1, 0.15) is 109 Å². The van der Waals surface area contributed by atoms with E-state index in [0.717, 1.165) is 154 Å². The maximum atomic E-state index is 12.9. The quantitative estimate of drug-likeness (QED) is 0.0253. The third kappa shape index (κ3) is 23.2. The second-order valence-electron chi connectivity index (χ2n) is 27.7. The van der Waals surface area contributed by atoms with E-state index in [0.29, 0.717) is 65.4 Å². The number of aliphatic hydroxyl groups is 1. The second kappa shape index (κ2) is 42.8. The number of nitrogens with one attached hydrogen (secondary N) is 1. The number of carbonyl (C=O) groups is 3. The van der Waals surface area contributed by atoms with Gasteiger partial charge < -0.3 is 71.2 Å². The second-order valence-corrected chi connectivity index (χ2v) is 28.9. The summed E-state index contributed by atoms with van der Waals surface area (Å²) >= 11 is 8.18. The summed E-state index contributed by atoms with van der Waals surface area (Å²) in [4.78, 5) is 65.9. The van der Waals surface area contributed by atoms with Crippen molar-refractivity contribution in [2.45, 2.75) is 76.4 Å². The van der Waals surface area contributed by atoms with Gasteiger partial charge in [0.2, 0.25) is 5.24 Å². The van der Waals surface area contributed by atoms with Crippen LogP contribution in [0.5, 0.6) is 34.5 Å². The lowest BCUT2D eigenvalue weighted by molar-refractivity contribution is -0.107. The van der Waals surface area contributed by atoms with Gasteiger partial charge in [0.15, 0.2) is 5.82 Å². The van der Waals surface area contributed by atoms with E-state index in [1.807, 2.05) is 228 Å². The highest BCUT2D eigenvalue weighted by Crippen LogP contribution is 2.38.